The fourth-order valence-corrected chi connectivity index (χ4v) is 4.25. The molecule has 1 saturated heterocycles. The SMILES string of the molecule is C[C@H]1C[C@@H](OC(=O)c2sc3cccc(F)c3c2COc2ccccc2)C(=O)O1. The molecular formula is C21H17FO5S. The Morgan fingerprint density at radius 3 is 2.71 bits per heavy atom. The second kappa shape index (κ2) is 7.59. The summed E-state index contributed by atoms with van der Waals surface area (Å²) in [6.45, 7) is 1.74. The highest BCUT2D eigenvalue weighted by atomic mass is 32.1. The highest BCUT2D eigenvalue weighted by Gasteiger charge is 2.36. The Bertz CT molecular complexity index is 1030. The van der Waals surface area contributed by atoms with Crippen LogP contribution in [-0.4, -0.2) is 24.1 Å². The first kappa shape index (κ1) is 18.4. The molecule has 1 fully saturated rings. The smallest absolute Gasteiger partial charge is 0.349 e. The van der Waals surface area contributed by atoms with Gasteiger partial charge in [0, 0.05) is 22.1 Å². The van der Waals surface area contributed by atoms with Crippen LogP contribution >= 0.6 is 11.3 Å². The molecule has 0 amide bonds. The summed E-state index contributed by atoms with van der Waals surface area (Å²) in [5, 5.41) is 0.331. The molecule has 7 heteroatoms. The summed E-state index contributed by atoms with van der Waals surface area (Å²) >= 11 is 1.12. The Hall–Kier alpha value is -2.93. The number of rotatable bonds is 5. The third-order valence-electron chi connectivity index (χ3n) is 4.45. The van der Waals surface area contributed by atoms with Crippen LogP contribution in [0.2, 0.25) is 0 Å². The monoisotopic (exact) mass is 400 g/mol. The second-order valence-electron chi connectivity index (χ2n) is 6.50. The molecule has 144 valence electrons. The molecule has 0 spiro atoms. The molecule has 1 aliphatic heterocycles. The standard InChI is InChI=1S/C21H17FO5S/c1-12-10-16(20(23)26-12)27-21(24)19-14(11-25-13-6-3-2-4-7-13)18-15(22)8-5-9-17(18)28-19/h2-9,12,16H,10-11H2,1H3/t12-,16+/m0/s1. The van der Waals surface area contributed by atoms with Crippen molar-refractivity contribution in [2.75, 3.05) is 0 Å². The second-order valence-corrected chi connectivity index (χ2v) is 7.55. The Kier molecular flexibility index (Phi) is 5.00. The molecule has 2 aromatic carbocycles. The van der Waals surface area contributed by atoms with Gasteiger partial charge >= 0.3 is 11.9 Å². The number of ether oxygens (including phenoxy) is 3. The third-order valence-corrected chi connectivity index (χ3v) is 5.63. The van der Waals surface area contributed by atoms with E-state index in [4.69, 9.17) is 14.2 Å². The van der Waals surface area contributed by atoms with Gasteiger partial charge in [-0.1, -0.05) is 24.3 Å². The van der Waals surface area contributed by atoms with Crippen LogP contribution in [-0.2, 0) is 20.9 Å². The van der Waals surface area contributed by atoms with E-state index in [1.54, 1.807) is 31.2 Å². The number of para-hydroxylation sites is 1. The molecule has 4 rings (SSSR count). The van der Waals surface area contributed by atoms with Crippen molar-refractivity contribution in [3.8, 4) is 5.75 Å². The lowest BCUT2D eigenvalue weighted by Crippen LogP contribution is -2.22. The number of hydrogen-bond donors (Lipinski definition) is 0. The van der Waals surface area contributed by atoms with Crippen molar-refractivity contribution in [3.63, 3.8) is 0 Å². The predicted molar refractivity (Wildman–Crippen MR) is 102 cm³/mol. The topological polar surface area (TPSA) is 61.8 Å². The van der Waals surface area contributed by atoms with E-state index in [1.165, 1.54) is 6.07 Å². The van der Waals surface area contributed by atoms with Crippen molar-refractivity contribution in [1.29, 1.82) is 0 Å². The van der Waals surface area contributed by atoms with Crippen LogP contribution < -0.4 is 4.74 Å². The van der Waals surface area contributed by atoms with Crippen LogP contribution in [0.3, 0.4) is 0 Å². The van der Waals surface area contributed by atoms with Crippen LogP contribution in [0.15, 0.2) is 48.5 Å². The first-order valence-electron chi connectivity index (χ1n) is 8.82. The molecule has 0 aliphatic carbocycles. The van der Waals surface area contributed by atoms with Gasteiger partial charge in [0.05, 0.1) is 0 Å². The highest BCUT2D eigenvalue weighted by molar-refractivity contribution is 7.21. The minimum Gasteiger partial charge on any atom is -0.489 e. The van der Waals surface area contributed by atoms with Gasteiger partial charge < -0.3 is 14.2 Å². The van der Waals surface area contributed by atoms with Crippen molar-refractivity contribution < 1.29 is 28.2 Å². The average Bonchev–Trinajstić information content (AvgIpc) is 3.21. The lowest BCUT2D eigenvalue weighted by Gasteiger charge is -2.10. The maximum absolute atomic E-state index is 14.5. The zero-order chi connectivity index (χ0) is 19.7. The molecule has 0 N–H and O–H groups in total. The fraction of sp³-hybridized carbons (Fsp3) is 0.238. The van der Waals surface area contributed by atoms with Crippen LogP contribution in [0.4, 0.5) is 4.39 Å². The first-order chi connectivity index (χ1) is 13.5. The van der Waals surface area contributed by atoms with Gasteiger partial charge in [-0.05, 0) is 31.2 Å². The number of hydrogen-bond acceptors (Lipinski definition) is 6. The number of halogens is 1. The minimum atomic E-state index is -0.944. The van der Waals surface area contributed by atoms with E-state index in [-0.39, 0.29) is 17.6 Å². The van der Waals surface area contributed by atoms with Crippen LogP contribution in [0.5, 0.6) is 5.75 Å². The molecule has 1 aliphatic rings. The third kappa shape index (κ3) is 3.57. The largest absolute Gasteiger partial charge is 0.489 e. The van der Waals surface area contributed by atoms with Crippen LogP contribution in [0, 0.1) is 5.82 Å². The molecule has 0 radical (unpaired) electrons. The van der Waals surface area contributed by atoms with Crippen molar-refractivity contribution in [2.24, 2.45) is 0 Å². The summed E-state index contributed by atoms with van der Waals surface area (Å²) in [4.78, 5) is 24.8. The van der Waals surface area contributed by atoms with Crippen molar-refractivity contribution in [2.45, 2.75) is 32.2 Å². The van der Waals surface area contributed by atoms with Crippen LogP contribution in [0.25, 0.3) is 10.1 Å². The van der Waals surface area contributed by atoms with E-state index in [1.807, 2.05) is 18.2 Å². The molecule has 0 bridgehead atoms. The van der Waals surface area contributed by atoms with E-state index in [2.05, 4.69) is 0 Å². The van der Waals surface area contributed by atoms with Gasteiger partial charge in [0.1, 0.15) is 29.2 Å². The van der Waals surface area contributed by atoms with Gasteiger partial charge in [-0.25, -0.2) is 14.0 Å². The molecule has 28 heavy (non-hydrogen) atoms. The summed E-state index contributed by atoms with van der Waals surface area (Å²) in [6.07, 6.45) is -0.939. The summed E-state index contributed by atoms with van der Waals surface area (Å²) in [6, 6.07) is 13.7. The van der Waals surface area contributed by atoms with E-state index in [0.29, 0.717) is 27.8 Å². The average molecular weight is 400 g/mol. The number of esters is 2. The van der Waals surface area contributed by atoms with Gasteiger partial charge in [-0.2, -0.15) is 0 Å². The molecule has 2 heterocycles. The number of cyclic esters (lactones) is 1. The van der Waals surface area contributed by atoms with Gasteiger partial charge in [0.25, 0.3) is 0 Å². The summed E-state index contributed by atoms with van der Waals surface area (Å²) in [7, 11) is 0. The molecule has 3 aromatic rings. The molecule has 5 nitrogen and oxygen atoms in total. The van der Waals surface area contributed by atoms with Crippen molar-refractivity contribution >= 4 is 33.4 Å². The number of carbonyl (C=O) groups excluding carboxylic acids is 2. The van der Waals surface area contributed by atoms with Crippen LogP contribution in [0.1, 0.15) is 28.6 Å². The molecular weight excluding hydrogens is 383 g/mol. The zero-order valence-corrected chi connectivity index (χ0v) is 15.8. The molecule has 0 saturated carbocycles. The zero-order valence-electron chi connectivity index (χ0n) is 15.0. The summed E-state index contributed by atoms with van der Waals surface area (Å²) in [5.74, 6) is -1.07. The highest BCUT2D eigenvalue weighted by Crippen LogP contribution is 2.35. The van der Waals surface area contributed by atoms with Crippen molar-refractivity contribution in [1.82, 2.24) is 0 Å². The lowest BCUT2D eigenvalue weighted by atomic mass is 10.1. The fourth-order valence-electron chi connectivity index (χ4n) is 3.14. The van der Waals surface area contributed by atoms with Gasteiger partial charge in [0.2, 0.25) is 6.10 Å². The van der Waals surface area contributed by atoms with E-state index in [0.717, 1.165) is 11.3 Å². The number of carbonyl (C=O) groups is 2. The normalized spacial score (nSPS) is 18.9. The molecule has 2 atom stereocenters. The Labute approximate surface area is 164 Å². The Morgan fingerprint density at radius 2 is 2.00 bits per heavy atom. The summed E-state index contributed by atoms with van der Waals surface area (Å²) in [5.41, 5.74) is 0.409. The van der Waals surface area contributed by atoms with Gasteiger partial charge in [-0.15, -0.1) is 11.3 Å². The molecule has 0 unspecified atom stereocenters. The maximum atomic E-state index is 14.5. The predicted octanol–water partition coefficient (Wildman–Crippen LogP) is 4.48. The summed E-state index contributed by atoms with van der Waals surface area (Å²) < 4.78 is 31.2. The van der Waals surface area contributed by atoms with E-state index < -0.39 is 23.9 Å². The number of benzene rings is 2. The Balaban J connectivity index is 1.66. The van der Waals surface area contributed by atoms with E-state index in [9.17, 15) is 14.0 Å². The first-order valence-corrected chi connectivity index (χ1v) is 9.64. The quantitative estimate of drug-likeness (QED) is 0.591. The minimum absolute atomic E-state index is 0.000889. The van der Waals surface area contributed by atoms with Gasteiger partial charge in [-0.3, -0.25) is 0 Å². The lowest BCUT2D eigenvalue weighted by molar-refractivity contribution is -0.147. The van der Waals surface area contributed by atoms with E-state index >= 15 is 0 Å². The van der Waals surface area contributed by atoms with Crippen molar-refractivity contribution in [3.05, 3.63) is 64.8 Å². The molecule has 1 aromatic heterocycles. The number of fused-ring (bicyclic) bond motifs is 1. The Morgan fingerprint density at radius 1 is 1.21 bits per heavy atom. The maximum Gasteiger partial charge on any atom is 0.349 e. The van der Waals surface area contributed by atoms with Gasteiger partial charge in [0.15, 0.2) is 0 Å². The number of thiophene rings is 1.